The Hall–Kier alpha value is -2.41. The zero-order valence-corrected chi connectivity index (χ0v) is 18.7. The highest BCUT2D eigenvalue weighted by Gasteiger charge is 2.22. The smallest absolute Gasteiger partial charge is 0.152 e. The summed E-state index contributed by atoms with van der Waals surface area (Å²) in [6, 6.07) is 7.48. The summed E-state index contributed by atoms with van der Waals surface area (Å²) in [6.45, 7) is 1.57. The number of ketones is 1. The number of rotatable bonds is 5. The van der Waals surface area contributed by atoms with Crippen LogP contribution in [0.15, 0.2) is 30.5 Å². The number of nitrogens with one attached hydrogen (secondary N) is 1. The van der Waals surface area contributed by atoms with Gasteiger partial charge < -0.3 is 16.2 Å². The Morgan fingerprint density at radius 2 is 1.87 bits per heavy atom. The molecule has 0 radical (unpaired) electrons. The van der Waals surface area contributed by atoms with E-state index < -0.39 is 0 Å². The third-order valence-electron chi connectivity index (χ3n) is 5.66. The van der Waals surface area contributed by atoms with Crippen molar-refractivity contribution < 1.29 is 9.90 Å². The molecule has 1 saturated carbocycles. The zero-order valence-electron chi connectivity index (χ0n) is 17.2. The fraction of sp³-hybridized carbons (Fsp3) is 0.348. The number of nitrogens with two attached hydrogens (primary N) is 1. The Balaban J connectivity index is 1.81. The lowest BCUT2D eigenvalue weighted by Crippen LogP contribution is -2.33. The number of aromatic hydroxyl groups is 1. The first-order chi connectivity index (χ1) is 14.8. The summed E-state index contributed by atoms with van der Waals surface area (Å²) in [5.41, 5.74) is 10.5. The van der Waals surface area contributed by atoms with E-state index in [2.05, 4.69) is 10.3 Å². The molecule has 1 aliphatic rings. The zero-order chi connectivity index (χ0) is 22.1. The quantitative estimate of drug-likeness (QED) is 0.490. The number of hydrogen-bond donors (Lipinski definition) is 3. The van der Waals surface area contributed by atoms with E-state index in [0.29, 0.717) is 16.8 Å². The van der Waals surface area contributed by atoms with Crippen molar-refractivity contribution in [3.05, 3.63) is 46.1 Å². The van der Waals surface area contributed by atoms with E-state index in [4.69, 9.17) is 33.9 Å². The summed E-state index contributed by atoms with van der Waals surface area (Å²) in [5, 5.41) is 13.8. The number of nitrogens with zero attached hydrogens (tertiary/aromatic N) is 2. The Morgan fingerprint density at radius 1 is 1.19 bits per heavy atom. The number of aromatic nitrogens is 2. The lowest BCUT2D eigenvalue weighted by molar-refractivity contribution is -0.116. The number of halogens is 2. The molecule has 0 aliphatic heterocycles. The molecule has 0 bridgehead atoms. The number of pyridine rings is 2. The second kappa shape index (κ2) is 8.99. The van der Waals surface area contributed by atoms with E-state index >= 15 is 0 Å². The van der Waals surface area contributed by atoms with Gasteiger partial charge in [0.2, 0.25) is 0 Å². The van der Waals surface area contributed by atoms with Crippen LogP contribution in [0, 0.1) is 0 Å². The van der Waals surface area contributed by atoms with Gasteiger partial charge in [-0.1, -0.05) is 23.2 Å². The standard InChI is InChI=1S/C23H24Cl2N4O2/c1-12(30)8-14-11-27-20-7-6-19(13-9-17(24)23(31)18(25)10-13)29-22(20)21(14)28-16-4-2-15(26)3-5-16/h6-7,9-11,15-16,31H,2-5,8,26H2,1H3,(H,27,28). The third kappa shape index (κ3) is 4.76. The second-order valence-electron chi connectivity index (χ2n) is 8.15. The fourth-order valence-corrected chi connectivity index (χ4v) is 4.50. The Kier molecular flexibility index (Phi) is 6.32. The van der Waals surface area contributed by atoms with Crippen LogP contribution in [0.2, 0.25) is 10.0 Å². The molecule has 4 rings (SSSR count). The average Bonchev–Trinajstić information content (AvgIpc) is 2.74. The van der Waals surface area contributed by atoms with Crippen LogP contribution in [0.25, 0.3) is 22.3 Å². The van der Waals surface area contributed by atoms with Gasteiger partial charge in [0, 0.05) is 35.8 Å². The summed E-state index contributed by atoms with van der Waals surface area (Å²) >= 11 is 12.2. The minimum atomic E-state index is -0.156. The molecule has 6 nitrogen and oxygen atoms in total. The number of carbonyl (C=O) groups is 1. The van der Waals surface area contributed by atoms with Gasteiger partial charge in [-0.3, -0.25) is 9.78 Å². The molecule has 0 atom stereocenters. The molecular formula is C23H24Cl2N4O2. The largest absolute Gasteiger partial charge is 0.505 e. The molecule has 0 saturated heterocycles. The highest BCUT2D eigenvalue weighted by atomic mass is 35.5. The molecule has 2 aromatic heterocycles. The lowest BCUT2D eigenvalue weighted by Gasteiger charge is -2.28. The minimum Gasteiger partial charge on any atom is -0.505 e. The molecule has 1 aliphatic carbocycles. The van der Waals surface area contributed by atoms with Crippen molar-refractivity contribution in [3.63, 3.8) is 0 Å². The molecule has 2 heterocycles. The van der Waals surface area contributed by atoms with Crippen LogP contribution in [-0.4, -0.2) is 32.9 Å². The van der Waals surface area contributed by atoms with Gasteiger partial charge in [-0.05, 0) is 56.9 Å². The van der Waals surface area contributed by atoms with Crippen LogP contribution >= 0.6 is 23.2 Å². The highest BCUT2D eigenvalue weighted by Crippen LogP contribution is 2.37. The van der Waals surface area contributed by atoms with E-state index in [9.17, 15) is 9.90 Å². The SMILES string of the molecule is CC(=O)Cc1cnc2ccc(-c3cc(Cl)c(O)c(Cl)c3)nc2c1NC1CCC(N)CC1. The highest BCUT2D eigenvalue weighted by molar-refractivity contribution is 6.37. The number of phenols is 1. The molecule has 1 aromatic carbocycles. The van der Waals surface area contributed by atoms with Gasteiger partial charge in [0.15, 0.2) is 5.75 Å². The molecule has 8 heteroatoms. The van der Waals surface area contributed by atoms with Crippen molar-refractivity contribution in [2.45, 2.75) is 51.1 Å². The molecule has 0 spiro atoms. The first-order valence-corrected chi connectivity index (χ1v) is 11.1. The van der Waals surface area contributed by atoms with Crippen LogP contribution in [0.3, 0.4) is 0 Å². The third-order valence-corrected chi connectivity index (χ3v) is 6.24. The maximum absolute atomic E-state index is 11.9. The molecule has 31 heavy (non-hydrogen) atoms. The number of Topliss-reactive ketones (excluding diaryl/α,β-unsaturated/α-hetero) is 1. The predicted molar refractivity (Wildman–Crippen MR) is 125 cm³/mol. The molecule has 4 N–H and O–H groups in total. The molecular weight excluding hydrogens is 435 g/mol. The van der Waals surface area contributed by atoms with E-state index in [1.807, 2.05) is 12.1 Å². The van der Waals surface area contributed by atoms with Crippen molar-refractivity contribution in [1.29, 1.82) is 0 Å². The average molecular weight is 459 g/mol. The van der Waals surface area contributed by atoms with Crippen LogP contribution < -0.4 is 11.1 Å². The Morgan fingerprint density at radius 3 is 2.52 bits per heavy atom. The predicted octanol–water partition coefficient (Wildman–Crippen LogP) is 5.12. The normalized spacial score (nSPS) is 18.8. The molecule has 0 amide bonds. The van der Waals surface area contributed by atoms with Crippen LogP contribution in [0.5, 0.6) is 5.75 Å². The maximum atomic E-state index is 11.9. The first kappa shape index (κ1) is 21.8. The van der Waals surface area contributed by atoms with Gasteiger partial charge in [-0.15, -0.1) is 0 Å². The monoisotopic (exact) mass is 458 g/mol. The van der Waals surface area contributed by atoms with E-state index in [1.54, 1.807) is 25.3 Å². The molecule has 1 fully saturated rings. The van der Waals surface area contributed by atoms with E-state index in [-0.39, 0.29) is 40.1 Å². The topological polar surface area (TPSA) is 101 Å². The van der Waals surface area contributed by atoms with Crippen LogP contribution in [0.4, 0.5) is 5.69 Å². The van der Waals surface area contributed by atoms with E-state index in [1.165, 1.54) is 0 Å². The number of anilines is 1. The Labute approximate surface area is 190 Å². The maximum Gasteiger partial charge on any atom is 0.152 e. The van der Waals surface area contributed by atoms with E-state index in [0.717, 1.165) is 42.5 Å². The van der Waals surface area contributed by atoms with Crippen molar-refractivity contribution in [2.75, 3.05) is 5.32 Å². The summed E-state index contributed by atoms with van der Waals surface area (Å²) < 4.78 is 0. The van der Waals surface area contributed by atoms with Crippen molar-refractivity contribution in [3.8, 4) is 17.0 Å². The van der Waals surface area contributed by atoms with Crippen molar-refractivity contribution in [2.24, 2.45) is 5.73 Å². The number of phenolic OH excluding ortho intramolecular Hbond substituents is 1. The van der Waals surface area contributed by atoms with Gasteiger partial charge in [0.25, 0.3) is 0 Å². The lowest BCUT2D eigenvalue weighted by atomic mass is 9.91. The number of fused-ring (bicyclic) bond motifs is 1. The second-order valence-corrected chi connectivity index (χ2v) is 8.96. The molecule has 162 valence electrons. The van der Waals surface area contributed by atoms with Gasteiger partial charge in [-0.2, -0.15) is 0 Å². The van der Waals surface area contributed by atoms with Crippen molar-refractivity contribution in [1.82, 2.24) is 9.97 Å². The summed E-state index contributed by atoms with van der Waals surface area (Å²) in [7, 11) is 0. The number of hydrogen-bond acceptors (Lipinski definition) is 6. The van der Waals surface area contributed by atoms with Crippen LogP contribution in [-0.2, 0) is 11.2 Å². The van der Waals surface area contributed by atoms with Gasteiger partial charge in [0.1, 0.15) is 11.3 Å². The summed E-state index contributed by atoms with van der Waals surface area (Å²) in [6.07, 6.45) is 5.88. The molecule has 3 aromatic rings. The minimum absolute atomic E-state index is 0.0584. The molecule has 0 unspecified atom stereocenters. The van der Waals surface area contributed by atoms with Gasteiger partial charge in [-0.25, -0.2) is 4.98 Å². The van der Waals surface area contributed by atoms with Gasteiger partial charge in [0.05, 0.1) is 26.9 Å². The van der Waals surface area contributed by atoms with Crippen LogP contribution in [0.1, 0.15) is 38.2 Å². The summed E-state index contributed by atoms with van der Waals surface area (Å²) in [5.74, 6) is -0.0979. The van der Waals surface area contributed by atoms with Crippen molar-refractivity contribution >= 4 is 45.7 Å². The number of carbonyl (C=O) groups excluding carboxylic acids is 1. The Bertz CT molecular complexity index is 1120. The fourth-order valence-electron chi connectivity index (χ4n) is 4.01. The summed E-state index contributed by atoms with van der Waals surface area (Å²) in [4.78, 5) is 21.2. The van der Waals surface area contributed by atoms with Gasteiger partial charge >= 0.3 is 0 Å². The first-order valence-electron chi connectivity index (χ1n) is 10.3. The number of benzene rings is 1.